The van der Waals surface area contributed by atoms with Gasteiger partial charge in [0.15, 0.2) is 0 Å². The van der Waals surface area contributed by atoms with Crippen LogP contribution in [0.4, 0.5) is 18.9 Å². The molecule has 2 fully saturated rings. The molecular formula is C24H32F3N5OS. The van der Waals surface area contributed by atoms with Crippen LogP contribution < -0.4 is 14.3 Å². The Bertz CT molecular complexity index is 996. The van der Waals surface area contributed by atoms with E-state index in [1.807, 2.05) is 0 Å². The first-order valence-corrected chi connectivity index (χ1v) is 12.6. The van der Waals surface area contributed by atoms with Crippen molar-refractivity contribution in [1.29, 1.82) is 0 Å². The van der Waals surface area contributed by atoms with Crippen LogP contribution in [0.2, 0.25) is 0 Å². The zero-order valence-electron chi connectivity index (χ0n) is 19.6. The number of likely N-dealkylation sites (tertiary alicyclic amines) is 1. The SMILES string of the molecule is CC1CC(NSNC(=O)CC2CCN(C)CC2)CN(c2ccc(C(F)(F)F)c3ncccc23)C1. The molecule has 4 rings (SSSR count). The summed E-state index contributed by atoms with van der Waals surface area (Å²) in [6.07, 6.45) is 0.508. The van der Waals surface area contributed by atoms with Crippen molar-refractivity contribution in [2.24, 2.45) is 11.8 Å². The molecule has 0 aliphatic carbocycles. The number of aromatic nitrogens is 1. The molecule has 1 amide bonds. The molecule has 2 aliphatic heterocycles. The first-order chi connectivity index (χ1) is 16.2. The molecule has 34 heavy (non-hydrogen) atoms. The zero-order chi connectivity index (χ0) is 24.3. The topological polar surface area (TPSA) is 60.5 Å². The maximum Gasteiger partial charge on any atom is 0.418 e. The van der Waals surface area contributed by atoms with E-state index in [0.29, 0.717) is 30.2 Å². The highest BCUT2D eigenvalue weighted by Gasteiger charge is 2.34. The van der Waals surface area contributed by atoms with Gasteiger partial charge in [-0.15, -0.1) is 0 Å². The van der Waals surface area contributed by atoms with Crippen molar-refractivity contribution in [1.82, 2.24) is 19.3 Å². The monoisotopic (exact) mass is 495 g/mol. The van der Waals surface area contributed by atoms with E-state index in [0.717, 1.165) is 50.7 Å². The predicted molar refractivity (Wildman–Crippen MR) is 130 cm³/mol. The van der Waals surface area contributed by atoms with Gasteiger partial charge in [0.1, 0.15) is 0 Å². The normalized spacial score (nSPS) is 22.8. The predicted octanol–water partition coefficient (Wildman–Crippen LogP) is 4.47. The van der Waals surface area contributed by atoms with Crippen LogP contribution in [0.25, 0.3) is 10.9 Å². The van der Waals surface area contributed by atoms with Crippen molar-refractivity contribution in [3.8, 4) is 0 Å². The molecule has 1 aromatic heterocycles. The van der Waals surface area contributed by atoms with Crippen molar-refractivity contribution < 1.29 is 18.0 Å². The van der Waals surface area contributed by atoms with E-state index in [4.69, 9.17) is 0 Å². The second-order valence-corrected chi connectivity index (χ2v) is 10.3. The summed E-state index contributed by atoms with van der Waals surface area (Å²) in [6, 6.07) is 6.15. The smallest absolute Gasteiger partial charge is 0.369 e. The van der Waals surface area contributed by atoms with Crippen LogP contribution in [0.5, 0.6) is 0 Å². The van der Waals surface area contributed by atoms with Gasteiger partial charge in [-0.05, 0) is 75.5 Å². The number of hydrogen-bond donors (Lipinski definition) is 2. The fourth-order valence-corrected chi connectivity index (χ4v) is 5.63. The minimum atomic E-state index is -4.45. The number of rotatable bonds is 6. The molecular weight excluding hydrogens is 463 g/mol. The fourth-order valence-electron chi connectivity index (χ4n) is 5.04. The molecule has 1 aromatic carbocycles. The highest BCUT2D eigenvalue weighted by Crippen LogP contribution is 2.38. The number of fused-ring (bicyclic) bond motifs is 1. The standard InChI is InChI=1S/C24H32F3N5OS/c1-16-12-18(29-34-30-22(33)13-17-7-10-31(2)11-8-17)15-32(14-16)21-6-5-20(24(25,26)27)23-19(21)4-3-9-28-23/h3-6,9,16-18,29H,7-8,10-15H2,1-2H3,(H,30,33). The van der Waals surface area contributed by atoms with Gasteiger partial charge in [0.2, 0.25) is 5.91 Å². The Morgan fingerprint density at radius 2 is 1.97 bits per heavy atom. The Morgan fingerprint density at radius 3 is 2.71 bits per heavy atom. The highest BCUT2D eigenvalue weighted by atomic mass is 32.2. The first kappa shape index (κ1) is 25.1. The lowest BCUT2D eigenvalue weighted by Crippen LogP contribution is -2.48. The summed E-state index contributed by atoms with van der Waals surface area (Å²) in [7, 11) is 2.11. The minimum Gasteiger partial charge on any atom is -0.369 e. The Balaban J connectivity index is 1.37. The van der Waals surface area contributed by atoms with Crippen LogP contribution in [0, 0.1) is 11.8 Å². The Labute approximate surface area is 202 Å². The zero-order valence-corrected chi connectivity index (χ0v) is 20.4. The molecule has 2 atom stereocenters. The largest absolute Gasteiger partial charge is 0.418 e. The van der Waals surface area contributed by atoms with Gasteiger partial charge < -0.3 is 9.80 Å². The number of anilines is 1. The van der Waals surface area contributed by atoms with Gasteiger partial charge in [0.05, 0.1) is 11.1 Å². The summed E-state index contributed by atoms with van der Waals surface area (Å²) in [6.45, 7) is 5.59. The lowest BCUT2D eigenvalue weighted by Gasteiger charge is -2.38. The first-order valence-electron chi connectivity index (χ1n) is 11.8. The van der Waals surface area contributed by atoms with E-state index in [-0.39, 0.29) is 17.5 Å². The number of alkyl halides is 3. The number of halogens is 3. The van der Waals surface area contributed by atoms with Crippen molar-refractivity contribution in [3.05, 3.63) is 36.0 Å². The van der Waals surface area contributed by atoms with Gasteiger partial charge in [0.25, 0.3) is 0 Å². The second-order valence-electron chi connectivity index (χ2n) is 9.67. The molecule has 2 aliphatic rings. The number of carbonyl (C=O) groups is 1. The van der Waals surface area contributed by atoms with Crippen molar-refractivity contribution in [2.75, 3.05) is 38.1 Å². The maximum absolute atomic E-state index is 13.5. The van der Waals surface area contributed by atoms with Crippen LogP contribution in [0.3, 0.4) is 0 Å². The highest BCUT2D eigenvalue weighted by molar-refractivity contribution is 7.96. The molecule has 0 bridgehead atoms. The summed E-state index contributed by atoms with van der Waals surface area (Å²) in [4.78, 5) is 20.8. The molecule has 10 heteroatoms. The number of benzene rings is 1. The van der Waals surface area contributed by atoms with E-state index < -0.39 is 11.7 Å². The molecule has 2 aromatic rings. The number of nitrogens with one attached hydrogen (secondary N) is 2. The van der Waals surface area contributed by atoms with Crippen LogP contribution in [0.15, 0.2) is 30.5 Å². The number of nitrogens with zero attached hydrogens (tertiary/aromatic N) is 3. The summed E-state index contributed by atoms with van der Waals surface area (Å²) < 4.78 is 46.7. The quantitative estimate of drug-likeness (QED) is 0.577. The van der Waals surface area contributed by atoms with Gasteiger partial charge in [-0.1, -0.05) is 6.92 Å². The Hall–Kier alpha value is -2.04. The van der Waals surface area contributed by atoms with Gasteiger partial charge >= 0.3 is 6.18 Å². The average molecular weight is 496 g/mol. The van der Waals surface area contributed by atoms with Crippen LogP contribution in [-0.2, 0) is 11.0 Å². The molecule has 2 saturated heterocycles. The third kappa shape index (κ3) is 6.14. The van der Waals surface area contributed by atoms with E-state index in [9.17, 15) is 18.0 Å². The van der Waals surface area contributed by atoms with Gasteiger partial charge in [-0.25, -0.2) is 4.72 Å². The summed E-state index contributed by atoms with van der Waals surface area (Å²) >= 11 is 1.22. The van der Waals surface area contributed by atoms with Crippen LogP contribution >= 0.6 is 12.1 Å². The number of hydrogen-bond acceptors (Lipinski definition) is 6. The van der Waals surface area contributed by atoms with E-state index in [1.54, 1.807) is 18.2 Å². The average Bonchev–Trinajstić information content (AvgIpc) is 2.79. The summed E-state index contributed by atoms with van der Waals surface area (Å²) in [5.74, 6) is 0.812. The lowest BCUT2D eigenvalue weighted by atomic mass is 9.94. The Kier molecular flexibility index (Phi) is 7.89. The Morgan fingerprint density at radius 1 is 1.21 bits per heavy atom. The molecule has 0 saturated carbocycles. The third-order valence-electron chi connectivity index (χ3n) is 6.76. The van der Waals surface area contributed by atoms with Crippen molar-refractivity contribution in [2.45, 2.75) is 44.8 Å². The minimum absolute atomic E-state index is 0.0224. The third-order valence-corrected chi connectivity index (χ3v) is 7.54. The van der Waals surface area contributed by atoms with Gasteiger partial charge in [0, 0.05) is 55.0 Å². The maximum atomic E-state index is 13.5. The number of piperidine rings is 2. The number of carbonyl (C=O) groups excluding carboxylic acids is 1. The lowest BCUT2D eigenvalue weighted by molar-refractivity contribution is -0.136. The molecule has 0 radical (unpaired) electrons. The molecule has 6 nitrogen and oxygen atoms in total. The number of amides is 1. The second kappa shape index (κ2) is 10.7. The number of pyridine rings is 1. The molecule has 0 spiro atoms. The summed E-state index contributed by atoms with van der Waals surface area (Å²) in [5, 5.41) is 0.504. The van der Waals surface area contributed by atoms with Crippen molar-refractivity contribution >= 4 is 34.6 Å². The van der Waals surface area contributed by atoms with Crippen molar-refractivity contribution in [3.63, 3.8) is 0 Å². The van der Waals surface area contributed by atoms with Crippen LogP contribution in [0.1, 0.15) is 38.2 Å². The molecule has 2 N–H and O–H groups in total. The van der Waals surface area contributed by atoms with E-state index in [1.165, 1.54) is 18.3 Å². The molecule has 186 valence electrons. The molecule has 2 unspecified atom stereocenters. The molecule has 3 heterocycles. The van der Waals surface area contributed by atoms with E-state index in [2.05, 4.69) is 38.2 Å². The fraction of sp³-hybridized carbons (Fsp3) is 0.583. The summed E-state index contributed by atoms with van der Waals surface area (Å²) in [5.41, 5.74) is 0.0194. The van der Waals surface area contributed by atoms with Gasteiger partial charge in [-0.3, -0.25) is 14.5 Å². The van der Waals surface area contributed by atoms with E-state index >= 15 is 0 Å². The van der Waals surface area contributed by atoms with Crippen LogP contribution in [-0.4, -0.2) is 55.1 Å². The van der Waals surface area contributed by atoms with Gasteiger partial charge in [-0.2, -0.15) is 13.2 Å².